The van der Waals surface area contributed by atoms with Gasteiger partial charge in [-0.2, -0.15) is 0 Å². The quantitative estimate of drug-likeness (QED) is 0.529. The highest BCUT2D eigenvalue weighted by Crippen LogP contribution is 2.16. The van der Waals surface area contributed by atoms with E-state index in [1.807, 2.05) is 13.8 Å². The molecule has 0 radical (unpaired) electrons. The van der Waals surface area contributed by atoms with Crippen LogP contribution in [0.25, 0.3) is 0 Å². The molecule has 0 saturated carbocycles. The van der Waals surface area contributed by atoms with Crippen molar-refractivity contribution >= 4 is 0 Å². The molecule has 0 aromatic rings. The molecule has 4 nitrogen and oxygen atoms in total. The minimum absolute atomic E-state index is 0.171. The van der Waals surface area contributed by atoms with Crippen LogP contribution >= 0.6 is 0 Å². The van der Waals surface area contributed by atoms with Crippen LogP contribution in [0.1, 0.15) is 60.3 Å². The van der Waals surface area contributed by atoms with Gasteiger partial charge in [0.1, 0.15) is 0 Å². The molecular weight excluding hydrogens is 256 g/mol. The van der Waals surface area contributed by atoms with Gasteiger partial charge in [0, 0.05) is 13.2 Å². The van der Waals surface area contributed by atoms with E-state index >= 15 is 0 Å². The van der Waals surface area contributed by atoms with E-state index in [9.17, 15) is 0 Å². The monoisotopic (exact) mass is 290 g/mol. The van der Waals surface area contributed by atoms with Crippen LogP contribution in [0.15, 0.2) is 0 Å². The van der Waals surface area contributed by atoms with Crippen molar-refractivity contribution in [1.29, 1.82) is 0 Å². The molecular formula is C16H34O4. The van der Waals surface area contributed by atoms with Crippen molar-refractivity contribution < 1.29 is 19.3 Å². The molecule has 4 heteroatoms. The molecule has 0 amide bonds. The molecule has 1 atom stereocenters. The molecule has 1 unspecified atom stereocenters. The van der Waals surface area contributed by atoms with E-state index in [1.165, 1.54) is 0 Å². The number of rotatable bonds is 13. The Morgan fingerprint density at radius 1 is 1.00 bits per heavy atom. The van der Waals surface area contributed by atoms with Crippen LogP contribution in [-0.4, -0.2) is 49.3 Å². The first-order valence-electron chi connectivity index (χ1n) is 7.89. The number of hydrogen-bond acceptors (Lipinski definition) is 4. The molecule has 0 fully saturated rings. The minimum atomic E-state index is -0.198. The largest absolute Gasteiger partial charge is 0.396 e. The highest BCUT2D eigenvalue weighted by atomic mass is 16.5. The maximum Gasteiger partial charge on any atom is 0.0707 e. The van der Waals surface area contributed by atoms with E-state index < -0.39 is 0 Å². The Kier molecular flexibility index (Phi) is 11.4. The number of ether oxygens (including phenoxy) is 3. The highest BCUT2D eigenvalue weighted by molar-refractivity contribution is 4.69. The molecule has 0 saturated heterocycles. The molecule has 0 aliphatic heterocycles. The Bertz CT molecular complexity index is 211. The lowest BCUT2D eigenvalue weighted by Gasteiger charge is -2.26. The molecule has 0 aromatic heterocycles. The molecule has 0 heterocycles. The summed E-state index contributed by atoms with van der Waals surface area (Å²) in [6.07, 6.45) is 4.07. The van der Waals surface area contributed by atoms with Crippen LogP contribution in [0.5, 0.6) is 0 Å². The Balaban J connectivity index is 3.78. The third-order valence-electron chi connectivity index (χ3n) is 3.15. The molecule has 122 valence electrons. The third-order valence-corrected chi connectivity index (χ3v) is 3.15. The second kappa shape index (κ2) is 11.5. The van der Waals surface area contributed by atoms with E-state index in [0.717, 1.165) is 25.7 Å². The normalized spacial score (nSPS) is 13.9. The Hall–Kier alpha value is -0.160. The van der Waals surface area contributed by atoms with E-state index in [-0.39, 0.29) is 24.4 Å². The van der Waals surface area contributed by atoms with Crippen molar-refractivity contribution in [3.05, 3.63) is 0 Å². The van der Waals surface area contributed by atoms with Crippen LogP contribution in [-0.2, 0) is 14.2 Å². The van der Waals surface area contributed by atoms with Crippen molar-refractivity contribution in [2.75, 3.05) is 26.4 Å². The number of aliphatic hydroxyl groups excluding tert-OH is 1. The van der Waals surface area contributed by atoms with Crippen LogP contribution in [0.4, 0.5) is 0 Å². The molecule has 0 spiro atoms. The fourth-order valence-electron chi connectivity index (χ4n) is 1.92. The molecule has 1 N–H and O–H groups in total. The fourth-order valence-corrected chi connectivity index (χ4v) is 1.92. The Morgan fingerprint density at radius 3 is 2.25 bits per heavy atom. The second-order valence-electron chi connectivity index (χ2n) is 6.07. The average molecular weight is 290 g/mol. The Morgan fingerprint density at radius 2 is 1.70 bits per heavy atom. The molecule has 0 aliphatic carbocycles. The summed E-state index contributed by atoms with van der Waals surface area (Å²) >= 11 is 0. The molecule has 0 rings (SSSR count). The summed E-state index contributed by atoms with van der Waals surface area (Å²) in [5.74, 6) is 0. The topological polar surface area (TPSA) is 47.9 Å². The lowest BCUT2D eigenvalue weighted by molar-refractivity contribution is -0.0765. The van der Waals surface area contributed by atoms with Crippen LogP contribution in [0.3, 0.4) is 0 Å². The lowest BCUT2D eigenvalue weighted by Crippen LogP contribution is -2.29. The van der Waals surface area contributed by atoms with Gasteiger partial charge in [-0.1, -0.05) is 13.3 Å². The van der Waals surface area contributed by atoms with E-state index in [1.54, 1.807) is 0 Å². The second-order valence-corrected chi connectivity index (χ2v) is 6.07. The fraction of sp³-hybridized carbons (Fsp3) is 1.00. The zero-order valence-corrected chi connectivity index (χ0v) is 14.0. The first-order valence-corrected chi connectivity index (χ1v) is 7.89. The highest BCUT2D eigenvalue weighted by Gasteiger charge is 2.19. The van der Waals surface area contributed by atoms with Crippen molar-refractivity contribution in [2.45, 2.75) is 78.1 Å². The van der Waals surface area contributed by atoms with Gasteiger partial charge in [0.2, 0.25) is 0 Å². The predicted molar refractivity (Wildman–Crippen MR) is 82.1 cm³/mol. The summed E-state index contributed by atoms with van der Waals surface area (Å²) in [5.41, 5.74) is -0.198. The standard InChI is InChI=1S/C16H34O4/c1-6-7-15(8-10-17)19-11-9-16(4,5)20-13-12-18-14(2)3/h14-15,17H,6-13H2,1-5H3. The van der Waals surface area contributed by atoms with E-state index in [0.29, 0.717) is 19.8 Å². The number of hydrogen-bond donors (Lipinski definition) is 1. The van der Waals surface area contributed by atoms with Crippen molar-refractivity contribution in [1.82, 2.24) is 0 Å². The first kappa shape index (κ1) is 19.8. The SMILES string of the molecule is CCCC(CCO)OCCC(C)(C)OCCOC(C)C. The first-order chi connectivity index (χ1) is 9.41. The molecule has 20 heavy (non-hydrogen) atoms. The summed E-state index contributed by atoms with van der Waals surface area (Å²) < 4.78 is 17.1. The average Bonchev–Trinajstić information content (AvgIpc) is 2.35. The van der Waals surface area contributed by atoms with Gasteiger partial charge in [-0.3, -0.25) is 0 Å². The van der Waals surface area contributed by atoms with E-state index in [2.05, 4.69) is 20.8 Å². The maximum atomic E-state index is 8.99. The van der Waals surface area contributed by atoms with Gasteiger partial charge >= 0.3 is 0 Å². The van der Waals surface area contributed by atoms with Gasteiger partial charge in [-0.25, -0.2) is 0 Å². The summed E-state index contributed by atoms with van der Waals surface area (Å²) in [7, 11) is 0. The molecule has 0 aliphatic rings. The Labute approximate surface area is 124 Å². The number of aliphatic hydroxyl groups is 1. The van der Waals surface area contributed by atoms with Gasteiger partial charge in [0.15, 0.2) is 0 Å². The smallest absolute Gasteiger partial charge is 0.0707 e. The van der Waals surface area contributed by atoms with Gasteiger partial charge in [-0.05, 0) is 47.0 Å². The lowest BCUT2D eigenvalue weighted by atomic mass is 10.1. The summed E-state index contributed by atoms with van der Waals surface area (Å²) in [5, 5.41) is 8.99. The van der Waals surface area contributed by atoms with Crippen molar-refractivity contribution in [3.8, 4) is 0 Å². The predicted octanol–water partition coefficient (Wildman–Crippen LogP) is 3.16. The van der Waals surface area contributed by atoms with Crippen LogP contribution < -0.4 is 0 Å². The zero-order chi connectivity index (χ0) is 15.4. The molecule has 0 bridgehead atoms. The van der Waals surface area contributed by atoms with Crippen molar-refractivity contribution in [3.63, 3.8) is 0 Å². The summed E-state index contributed by atoms with van der Waals surface area (Å²) in [6, 6.07) is 0. The van der Waals surface area contributed by atoms with Gasteiger partial charge in [-0.15, -0.1) is 0 Å². The van der Waals surface area contributed by atoms with Crippen LogP contribution in [0.2, 0.25) is 0 Å². The summed E-state index contributed by atoms with van der Waals surface area (Å²) in [4.78, 5) is 0. The van der Waals surface area contributed by atoms with Crippen LogP contribution in [0, 0.1) is 0 Å². The third kappa shape index (κ3) is 11.6. The minimum Gasteiger partial charge on any atom is -0.396 e. The van der Waals surface area contributed by atoms with Crippen molar-refractivity contribution in [2.24, 2.45) is 0 Å². The van der Waals surface area contributed by atoms with Gasteiger partial charge in [0.25, 0.3) is 0 Å². The maximum absolute atomic E-state index is 8.99. The molecule has 0 aromatic carbocycles. The van der Waals surface area contributed by atoms with E-state index in [4.69, 9.17) is 19.3 Å². The zero-order valence-electron chi connectivity index (χ0n) is 14.0. The van der Waals surface area contributed by atoms with Gasteiger partial charge in [0.05, 0.1) is 31.0 Å². The van der Waals surface area contributed by atoms with Gasteiger partial charge < -0.3 is 19.3 Å². The summed E-state index contributed by atoms with van der Waals surface area (Å²) in [6.45, 7) is 12.4.